The molecule has 6 nitrogen and oxygen atoms in total. The third-order valence-electron chi connectivity index (χ3n) is 4.41. The number of carbonyl (C=O) groups is 2. The maximum atomic E-state index is 13.2. The lowest BCUT2D eigenvalue weighted by Gasteiger charge is -2.15. The van der Waals surface area contributed by atoms with Gasteiger partial charge in [-0.3, -0.25) is 4.79 Å². The van der Waals surface area contributed by atoms with Crippen LogP contribution in [0.1, 0.15) is 12.0 Å². The molecular weight excluding hydrogens is 399 g/mol. The maximum absolute atomic E-state index is 13.2. The predicted molar refractivity (Wildman–Crippen MR) is 108 cm³/mol. The first-order valence-corrected chi connectivity index (χ1v) is 9.12. The molecule has 2 aromatic carbocycles. The van der Waals surface area contributed by atoms with Gasteiger partial charge in [0, 0.05) is 17.7 Å². The van der Waals surface area contributed by atoms with Crippen molar-refractivity contribution in [3.63, 3.8) is 0 Å². The second-order valence-corrected chi connectivity index (χ2v) is 6.87. The number of amides is 1. The highest BCUT2D eigenvalue weighted by atomic mass is 35.5. The summed E-state index contributed by atoms with van der Waals surface area (Å²) in [6, 6.07) is 12.0. The van der Waals surface area contributed by atoms with Crippen LogP contribution < -0.4 is 5.01 Å². The molecule has 0 saturated carbocycles. The van der Waals surface area contributed by atoms with E-state index in [2.05, 4.69) is 5.10 Å². The molecule has 1 unspecified atom stereocenters. The number of halogens is 2. The Morgan fingerprint density at radius 3 is 2.48 bits per heavy atom. The van der Waals surface area contributed by atoms with Crippen LogP contribution in [-0.2, 0) is 14.3 Å². The topological polar surface area (TPSA) is 79.2 Å². The second-order valence-electron chi connectivity index (χ2n) is 6.43. The van der Waals surface area contributed by atoms with Gasteiger partial charge in [-0.15, -0.1) is 0 Å². The first kappa shape index (κ1) is 20.7. The third-order valence-corrected chi connectivity index (χ3v) is 4.66. The smallest absolute Gasteiger partial charge is 0.331 e. The average Bonchev–Trinajstić information content (AvgIpc) is 2.99. The molecule has 29 heavy (non-hydrogen) atoms. The summed E-state index contributed by atoms with van der Waals surface area (Å²) in [6.07, 6.45) is 1.44. The van der Waals surface area contributed by atoms with Crippen molar-refractivity contribution in [1.82, 2.24) is 0 Å². The molecular formula is C21H18ClFN2O4. The fourth-order valence-electron chi connectivity index (χ4n) is 2.98. The quantitative estimate of drug-likeness (QED) is 0.692. The lowest BCUT2D eigenvalue weighted by molar-refractivity contribution is -0.132. The molecule has 2 aromatic rings. The Morgan fingerprint density at radius 1 is 1.24 bits per heavy atom. The molecule has 0 radical (unpaired) electrons. The number of hydrogen-bond acceptors (Lipinski definition) is 4. The molecule has 3 rings (SSSR count). The minimum absolute atomic E-state index is 0.0513. The zero-order valence-corrected chi connectivity index (χ0v) is 16.3. The monoisotopic (exact) mass is 416 g/mol. The number of carboxylic acid groups (broad SMARTS) is 1. The second kappa shape index (κ2) is 8.98. The number of methoxy groups -OCH3 is 1. The van der Waals surface area contributed by atoms with Gasteiger partial charge in [0.1, 0.15) is 5.82 Å². The third kappa shape index (κ3) is 4.88. The van der Waals surface area contributed by atoms with Crippen LogP contribution >= 0.6 is 11.6 Å². The highest BCUT2D eigenvalue weighted by Crippen LogP contribution is 2.29. The molecule has 0 spiro atoms. The molecule has 1 amide bonds. The molecule has 1 aliphatic rings. The van der Waals surface area contributed by atoms with Gasteiger partial charge in [-0.1, -0.05) is 23.7 Å². The predicted octanol–water partition coefficient (Wildman–Crippen LogP) is 4.00. The summed E-state index contributed by atoms with van der Waals surface area (Å²) in [5.74, 6) is -2.76. The summed E-state index contributed by atoms with van der Waals surface area (Å²) >= 11 is 5.86. The van der Waals surface area contributed by atoms with E-state index < -0.39 is 23.6 Å². The number of benzene rings is 2. The summed E-state index contributed by atoms with van der Waals surface area (Å²) in [5.41, 5.74) is 1.50. The van der Waals surface area contributed by atoms with Gasteiger partial charge in [-0.05, 0) is 54.5 Å². The van der Waals surface area contributed by atoms with Crippen molar-refractivity contribution in [1.29, 1.82) is 0 Å². The van der Waals surface area contributed by atoms with Gasteiger partial charge in [-0.25, -0.2) is 14.2 Å². The molecule has 1 aliphatic heterocycles. The Labute approximate surface area is 171 Å². The van der Waals surface area contributed by atoms with Crippen molar-refractivity contribution in [3.05, 3.63) is 70.5 Å². The van der Waals surface area contributed by atoms with Gasteiger partial charge in [0.15, 0.2) is 0 Å². The number of carbonyl (C=O) groups excluding carboxylic acids is 1. The van der Waals surface area contributed by atoms with Crippen molar-refractivity contribution >= 4 is 41.0 Å². The Hall–Kier alpha value is -3.03. The van der Waals surface area contributed by atoms with E-state index in [1.807, 2.05) is 0 Å². The van der Waals surface area contributed by atoms with Crippen LogP contribution in [0.15, 0.2) is 59.2 Å². The molecule has 0 aliphatic carbocycles. The highest BCUT2D eigenvalue weighted by Gasteiger charge is 2.37. The molecule has 1 heterocycles. The van der Waals surface area contributed by atoms with Crippen molar-refractivity contribution in [2.45, 2.75) is 6.42 Å². The molecule has 8 heteroatoms. The SMILES string of the molecule is COCC1=NN(c2ccc(F)cc2)C(=O)C1C/C(=C/c1ccc(Cl)cc1)C(=O)O. The number of carboxylic acids is 1. The van der Waals surface area contributed by atoms with Crippen LogP contribution in [0.2, 0.25) is 5.02 Å². The van der Waals surface area contributed by atoms with Crippen molar-refractivity contribution in [2.75, 3.05) is 18.7 Å². The fourth-order valence-corrected chi connectivity index (χ4v) is 3.10. The Balaban J connectivity index is 1.89. The van der Waals surface area contributed by atoms with Crippen LogP contribution in [0.5, 0.6) is 0 Å². The molecule has 150 valence electrons. The van der Waals surface area contributed by atoms with E-state index in [-0.39, 0.29) is 18.6 Å². The van der Waals surface area contributed by atoms with Crippen molar-refractivity contribution in [2.24, 2.45) is 11.0 Å². The lowest BCUT2D eigenvalue weighted by atomic mass is 9.93. The van der Waals surface area contributed by atoms with Crippen LogP contribution in [0.4, 0.5) is 10.1 Å². The molecule has 1 N–H and O–H groups in total. The minimum Gasteiger partial charge on any atom is -0.478 e. The molecule has 0 aromatic heterocycles. The fraction of sp³-hybridized carbons (Fsp3) is 0.190. The number of rotatable bonds is 7. The highest BCUT2D eigenvalue weighted by molar-refractivity contribution is 6.30. The Bertz CT molecular complexity index is 971. The largest absolute Gasteiger partial charge is 0.478 e. The first-order valence-electron chi connectivity index (χ1n) is 8.74. The molecule has 1 atom stereocenters. The van der Waals surface area contributed by atoms with E-state index in [1.165, 1.54) is 37.5 Å². The standard InChI is InChI=1S/C21H18ClFN2O4/c1-29-12-19-18(20(26)25(24-19)17-8-6-16(23)7-9-17)11-14(21(27)28)10-13-2-4-15(22)5-3-13/h2-10,18H,11-12H2,1H3,(H,27,28)/b14-10-. The lowest BCUT2D eigenvalue weighted by Crippen LogP contribution is -2.29. The number of ether oxygens (including phenoxy) is 1. The van der Waals surface area contributed by atoms with Crippen LogP contribution in [0.3, 0.4) is 0 Å². The van der Waals surface area contributed by atoms with Gasteiger partial charge < -0.3 is 9.84 Å². The number of anilines is 1. The van der Waals surface area contributed by atoms with E-state index in [1.54, 1.807) is 24.3 Å². The van der Waals surface area contributed by atoms with E-state index in [0.29, 0.717) is 22.0 Å². The zero-order valence-electron chi connectivity index (χ0n) is 15.5. The van der Waals surface area contributed by atoms with Crippen LogP contribution in [0, 0.1) is 11.7 Å². The number of hydrogen-bond donors (Lipinski definition) is 1. The number of nitrogens with zero attached hydrogens (tertiary/aromatic N) is 2. The Kier molecular flexibility index (Phi) is 6.41. The van der Waals surface area contributed by atoms with Gasteiger partial charge in [0.05, 0.1) is 23.9 Å². The summed E-state index contributed by atoms with van der Waals surface area (Å²) in [7, 11) is 1.46. The normalized spacial score (nSPS) is 16.9. The summed E-state index contributed by atoms with van der Waals surface area (Å²) in [4.78, 5) is 24.7. The first-order chi connectivity index (χ1) is 13.9. The van der Waals surface area contributed by atoms with Gasteiger partial charge >= 0.3 is 5.97 Å². The van der Waals surface area contributed by atoms with Gasteiger partial charge in [0.2, 0.25) is 0 Å². The van der Waals surface area contributed by atoms with Crippen LogP contribution in [0.25, 0.3) is 6.08 Å². The number of aliphatic carboxylic acids is 1. The van der Waals surface area contributed by atoms with Gasteiger partial charge in [-0.2, -0.15) is 5.10 Å². The summed E-state index contributed by atoms with van der Waals surface area (Å²) < 4.78 is 18.3. The zero-order chi connectivity index (χ0) is 21.0. The van der Waals surface area contributed by atoms with E-state index >= 15 is 0 Å². The van der Waals surface area contributed by atoms with Crippen molar-refractivity contribution < 1.29 is 23.8 Å². The Morgan fingerprint density at radius 2 is 1.90 bits per heavy atom. The van der Waals surface area contributed by atoms with E-state index in [4.69, 9.17) is 16.3 Å². The minimum atomic E-state index is -1.13. The molecule has 0 bridgehead atoms. The maximum Gasteiger partial charge on any atom is 0.331 e. The molecule has 0 fully saturated rings. The van der Waals surface area contributed by atoms with Crippen LogP contribution in [-0.4, -0.2) is 36.4 Å². The average molecular weight is 417 g/mol. The molecule has 0 saturated heterocycles. The number of hydrazone groups is 1. The van der Waals surface area contributed by atoms with Crippen molar-refractivity contribution in [3.8, 4) is 0 Å². The van der Waals surface area contributed by atoms with Gasteiger partial charge in [0.25, 0.3) is 5.91 Å². The summed E-state index contributed by atoms with van der Waals surface area (Å²) in [6.45, 7) is 0.0714. The van der Waals surface area contributed by atoms with E-state index in [9.17, 15) is 19.1 Å². The summed E-state index contributed by atoms with van der Waals surface area (Å²) in [5, 5.41) is 15.6. The van der Waals surface area contributed by atoms with E-state index in [0.717, 1.165) is 5.01 Å².